The fraction of sp³-hybridized carbons (Fsp3) is 0.250. The highest BCUT2D eigenvalue weighted by Gasteiger charge is 2.21. The van der Waals surface area contributed by atoms with Gasteiger partial charge in [-0.1, -0.05) is 18.0 Å². The van der Waals surface area contributed by atoms with Gasteiger partial charge in [-0.25, -0.2) is 9.97 Å². The first kappa shape index (κ1) is 14.1. The number of aldehydes is 1. The Morgan fingerprint density at radius 1 is 1.26 bits per heavy atom. The van der Waals surface area contributed by atoms with Gasteiger partial charge in [0.1, 0.15) is 5.82 Å². The molecule has 2 N–H and O–H groups in total. The second-order valence-corrected chi connectivity index (χ2v) is 6.11. The molecule has 0 radical (unpaired) electrons. The smallest absolute Gasteiger partial charge is 0.195 e. The van der Waals surface area contributed by atoms with Crippen LogP contribution in [0.4, 0.5) is 11.6 Å². The lowest BCUT2D eigenvalue weighted by molar-refractivity contribution is 0.111. The first-order valence-corrected chi connectivity index (χ1v) is 7.85. The molecule has 1 aromatic carbocycles. The summed E-state index contributed by atoms with van der Waals surface area (Å²) in [5.41, 5.74) is 1.79. The minimum absolute atomic E-state index is 0.122. The van der Waals surface area contributed by atoms with Gasteiger partial charge in [0.2, 0.25) is 0 Å². The van der Waals surface area contributed by atoms with Crippen molar-refractivity contribution < 1.29 is 4.79 Å². The van der Waals surface area contributed by atoms with E-state index >= 15 is 0 Å². The molecule has 1 aliphatic carbocycles. The monoisotopic (exact) mass is 327 g/mol. The molecule has 6 nitrogen and oxygen atoms in total. The maximum Gasteiger partial charge on any atom is 0.195 e. The second-order valence-electron chi connectivity index (χ2n) is 5.67. The first-order valence-electron chi connectivity index (χ1n) is 7.48. The second kappa shape index (κ2) is 5.62. The molecule has 0 atom stereocenters. The molecule has 0 saturated heterocycles. The molecule has 0 unspecified atom stereocenters. The number of anilines is 2. The van der Waals surface area contributed by atoms with E-state index in [2.05, 4.69) is 25.5 Å². The Morgan fingerprint density at radius 3 is 2.87 bits per heavy atom. The van der Waals surface area contributed by atoms with Gasteiger partial charge < -0.3 is 5.32 Å². The van der Waals surface area contributed by atoms with Crippen LogP contribution in [0.3, 0.4) is 0 Å². The average Bonchev–Trinajstić information content (AvgIpc) is 2.93. The highest BCUT2D eigenvalue weighted by molar-refractivity contribution is 6.31. The number of H-pyrrole nitrogens is 1. The number of nitrogens with zero attached hydrogens (tertiary/aromatic N) is 3. The lowest BCUT2D eigenvalue weighted by atomic mass is 9.83. The van der Waals surface area contributed by atoms with Gasteiger partial charge in [-0.05, 0) is 31.0 Å². The highest BCUT2D eigenvalue weighted by Crippen LogP contribution is 2.36. The molecule has 0 spiro atoms. The minimum Gasteiger partial charge on any atom is -0.323 e. The zero-order chi connectivity index (χ0) is 15.8. The van der Waals surface area contributed by atoms with Crippen molar-refractivity contribution in [3.8, 4) is 0 Å². The molecule has 3 aromatic rings. The van der Waals surface area contributed by atoms with Crippen LogP contribution in [0.2, 0.25) is 5.02 Å². The van der Waals surface area contributed by atoms with Crippen LogP contribution < -0.4 is 5.32 Å². The zero-order valence-corrected chi connectivity index (χ0v) is 13.0. The number of fused-ring (bicyclic) bond motifs is 1. The highest BCUT2D eigenvalue weighted by atomic mass is 35.5. The van der Waals surface area contributed by atoms with E-state index in [0.717, 1.165) is 11.1 Å². The van der Waals surface area contributed by atoms with Crippen LogP contribution in [0.15, 0.2) is 24.3 Å². The Kier molecular flexibility index (Phi) is 3.46. The van der Waals surface area contributed by atoms with E-state index in [1.165, 1.54) is 19.3 Å². The number of hydrogen-bond donors (Lipinski definition) is 2. The number of carbonyl (C=O) groups excluding carboxylic acids is 1. The van der Waals surface area contributed by atoms with Crippen molar-refractivity contribution >= 4 is 40.4 Å². The zero-order valence-electron chi connectivity index (χ0n) is 12.2. The van der Waals surface area contributed by atoms with Crippen molar-refractivity contribution in [2.75, 3.05) is 5.32 Å². The molecule has 0 bridgehead atoms. The van der Waals surface area contributed by atoms with Crippen LogP contribution in [0.1, 0.15) is 41.5 Å². The molecule has 2 heterocycles. The maximum absolute atomic E-state index is 11.1. The molecule has 2 aromatic heterocycles. The molecule has 4 rings (SSSR count). The van der Waals surface area contributed by atoms with Gasteiger partial charge in [0, 0.05) is 28.1 Å². The van der Waals surface area contributed by atoms with E-state index < -0.39 is 0 Å². The number of aromatic amines is 1. The molecule has 1 fully saturated rings. The molecule has 23 heavy (non-hydrogen) atoms. The fourth-order valence-electron chi connectivity index (χ4n) is 2.72. The molecule has 0 amide bonds. The van der Waals surface area contributed by atoms with Crippen molar-refractivity contribution in [1.82, 2.24) is 20.2 Å². The summed E-state index contributed by atoms with van der Waals surface area (Å²) in [5, 5.41) is 11.8. The van der Waals surface area contributed by atoms with Gasteiger partial charge in [-0.2, -0.15) is 5.10 Å². The Hall–Kier alpha value is -2.47. The number of aromatic nitrogens is 4. The Balaban J connectivity index is 1.73. The van der Waals surface area contributed by atoms with Crippen LogP contribution in [0.25, 0.3) is 10.9 Å². The van der Waals surface area contributed by atoms with Gasteiger partial charge in [0.05, 0.1) is 5.52 Å². The molecule has 0 aliphatic heterocycles. The van der Waals surface area contributed by atoms with Crippen LogP contribution in [0.5, 0.6) is 0 Å². The van der Waals surface area contributed by atoms with Gasteiger partial charge in [-0.15, -0.1) is 0 Å². The van der Waals surface area contributed by atoms with Crippen LogP contribution >= 0.6 is 11.6 Å². The van der Waals surface area contributed by atoms with Crippen LogP contribution in [-0.4, -0.2) is 26.5 Å². The van der Waals surface area contributed by atoms with E-state index in [0.29, 0.717) is 34.4 Å². The third-order valence-electron chi connectivity index (χ3n) is 4.17. The van der Waals surface area contributed by atoms with Crippen molar-refractivity contribution in [3.63, 3.8) is 0 Å². The van der Waals surface area contributed by atoms with Crippen LogP contribution in [-0.2, 0) is 0 Å². The first-order chi connectivity index (χ1) is 11.2. The van der Waals surface area contributed by atoms with Crippen LogP contribution in [0, 0.1) is 0 Å². The van der Waals surface area contributed by atoms with Gasteiger partial charge in [-0.3, -0.25) is 9.89 Å². The molecule has 116 valence electrons. The molecule has 7 heteroatoms. The summed E-state index contributed by atoms with van der Waals surface area (Å²) in [7, 11) is 0. The third-order valence-corrected chi connectivity index (χ3v) is 4.40. The Bertz CT molecular complexity index is 887. The van der Waals surface area contributed by atoms with Gasteiger partial charge >= 0.3 is 0 Å². The third kappa shape index (κ3) is 2.66. The largest absolute Gasteiger partial charge is 0.323 e. The molecular formula is C16H14ClN5O. The molecular weight excluding hydrogens is 314 g/mol. The van der Waals surface area contributed by atoms with E-state index in [-0.39, 0.29) is 5.82 Å². The predicted octanol–water partition coefficient (Wildman–Crippen LogP) is 3.83. The number of benzene rings is 1. The fourth-order valence-corrected chi connectivity index (χ4v) is 2.89. The van der Waals surface area contributed by atoms with E-state index in [1.807, 2.05) is 6.07 Å². The van der Waals surface area contributed by atoms with E-state index in [9.17, 15) is 4.79 Å². The molecule has 1 aliphatic rings. The number of nitrogens with one attached hydrogen (secondary N) is 2. The van der Waals surface area contributed by atoms with Gasteiger partial charge in [0.25, 0.3) is 0 Å². The topological polar surface area (TPSA) is 83.6 Å². The van der Waals surface area contributed by atoms with Crippen molar-refractivity contribution in [3.05, 3.63) is 40.8 Å². The van der Waals surface area contributed by atoms with Gasteiger partial charge in [0.15, 0.2) is 17.9 Å². The maximum atomic E-state index is 11.1. The number of rotatable bonds is 4. The minimum atomic E-state index is 0.122. The Morgan fingerprint density at radius 2 is 2.13 bits per heavy atom. The summed E-state index contributed by atoms with van der Waals surface area (Å²) in [6, 6.07) is 7.26. The summed E-state index contributed by atoms with van der Waals surface area (Å²) < 4.78 is 0. The Labute approximate surface area is 137 Å². The standard InChI is InChI=1S/C16H14ClN5O/c17-10-4-5-12-11(6-10)16(20-15(8-23)18-12)19-14-7-13(21-22-14)9-2-1-3-9/h4-9H,1-3H2,(H2,18,19,20,21,22). The lowest BCUT2D eigenvalue weighted by Gasteiger charge is -2.23. The number of hydrogen-bond acceptors (Lipinski definition) is 5. The number of halogens is 1. The summed E-state index contributed by atoms with van der Waals surface area (Å²) in [6.45, 7) is 0. The van der Waals surface area contributed by atoms with Crippen molar-refractivity contribution in [1.29, 1.82) is 0 Å². The summed E-state index contributed by atoms with van der Waals surface area (Å²) in [6.07, 6.45) is 4.29. The summed E-state index contributed by atoms with van der Waals surface area (Å²) >= 11 is 6.06. The predicted molar refractivity (Wildman–Crippen MR) is 88.4 cm³/mol. The SMILES string of the molecule is O=Cc1nc(Nc2cc(C3CCC3)[nH]n2)c2cc(Cl)ccc2n1. The number of carbonyl (C=O) groups is 1. The average molecular weight is 328 g/mol. The van der Waals surface area contributed by atoms with Crippen molar-refractivity contribution in [2.24, 2.45) is 0 Å². The molecule has 1 saturated carbocycles. The summed E-state index contributed by atoms with van der Waals surface area (Å²) in [5.74, 6) is 1.88. The van der Waals surface area contributed by atoms with E-state index in [4.69, 9.17) is 11.6 Å². The quantitative estimate of drug-likeness (QED) is 0.711. The van der Waals surface area contributed by atoms with E-state index in [1.54, 1.807) is 18.2 Å². The normalized spacial score (nSPS) is 14.7. The van der Waals surface area contributed by atoms with Crippen molar-refractivity contribution in [2.45, 2.75) is 25.2 Å². The summed E-state index contributed by atoms with van der Waals surface area (Å²) in [4.78, 5) is 19.5. The lowest BCUT2D eigenvalue weighted by Crippen LogP contribution is -2.08.